The molecule has 0 saturated carbocycles. The molecule has 1 heterocycles. The standard InChI is InChI=1S/C23H18ClFN2O3/c24-16-6-9-22(30-13-14-4-7-17(25)8-5-14)20(11-16)19-3-1-2-18(19)15-10-21(23(28)29)27-26-12-15/h4-12H,1-3,13H2,(H,28,29). The van der Waals surface area contributed by atoms with Crippen molar-refractivity contribution < 1.29 is 19.0 Å². The molecular weight excluding hydrogens is 407 g/mol. The molecule has 4 rings (SSSR count). The number of hydrogen-bond donors (Lipinski definition) is 1. The molecular formula is C23H18ClFN2O3. The highest BCUT2D eigenvalue weighted by molar-refractivity contribution is 6.30. The Bertz CT molecular complexity index is 1130. The van der Waals surface area contributed by atoms with Crippen LogP contribution in [-0.2, 0) is 6.61 Å². The Hall–Kier alpha value is -3.25. The van der Waals surface area contributed by atoms with Gasteiger partial charge in [-0.05, 0) is 72.4 Å². The predicted octanol–water partition coefficient (Wildman–Crippen LogP) is 5.64. The van der Waals surface area contributed by atoms with Gasteiger partial charge < -0.3 is 9.84 Å². The van der Waals surface area contributed by atoms with Gasteiger partial charge in [0.25, 0.3) is 0 Å². The van der Waals surface area contributed by atoms with Gasteiger partial charge in [-0.25, -0.2) is 9.18 Å². The lowest BCUT2D eigenvalue weighted by molar-refractivity contribution is 0.0689. The SMILES string of the molecule is O=C(O)c1cc(C2=C(c3cc(Cl)ccc3OCc3ccc(F)cc3)CCC2)cnn1. The first-order valence-corrected chi connectivity index (χ1v) is 9.84. The second-order valence-corrected chi connectivity index (χ2v) is 7.44. The number of aromatic nitrogens is 2. The van der Waals surface area contributed by atoms with Gasteiger partial charge in [-0.2, -0.15) is 5.10 Å². The molecule has 0 bridgehead atoms. The molecule has 0 fully saturated rings. The third-order valence-electron chi connectivity index (χ3n) is 5.01. The molecule has 0 spiro atoms. The second kappa shape index (κ2) is 8.63. The van der Waals surface area contributed by atoms with Crippen LogP contribution in [0.2, 0.25) is 5.02 Å². The van der Waals surface area contributed by atoms with Gasteiger partial charge in [0.15, 0.2) is 5.69 Å². The molecule has 0 unspecified atom stereocenters. The lowest BCUT2D eigenvalue weighted by atomic mass is 9.97. The number of hydrogen-bond acceptors (Lipinski definition) is 4. The van der Waals surface area contributed by atoms with Crippen molar-refractivity contribution in [1.82, 2.24) is 10.2 Å². The zero-order valence-corrected chi connectivity index (χ0v) is 16.7. The van der Waals surface area contributed by atoms with Gasteiger partial charge in [-0.3, -0.25) is 0 Å². The van der Waals surface area contributed by atoms with E-state index in [2.05, 4.69) is 10.2 Å². The maximum atomic E-state index is 13.1. The third-order valence-corrected chi connectivity index (χ3v) is 5.25. The maximum absolute atomic E-state index is 13.1. The number of allylic oxidation sites excluding steroid dienone is 2. The minimum atomic E-state index is -1.12. The first kappa shape index (κ1) is 20.0. The van der Waals surface area contributed by atoms with E-state index in [0.717, 1.165) is 47.1 Å². The Morgan fingerprint density at radius 3 is 2.63 bits per heavy atom. The van der Waals surface area contributed by atoms with Crippen LogP contribution in [0.15, 0.2) is 54.7 Å². The van der Waals surface area contributed by atoms with Crippen molar-refractivity contribution in [2.75, 3.05) is 0 Å². The molecule has 5 nitrogen and oxygen atoms in total. The average molecular weight is 425 g/mol. The van der Waals surface area contributed by atoms with Crippen LogP contribution in [0.1, 0.15) is 46.4 Å². The summed E-state index contributed by atoms with van der Waals surface area (Å²) in [6.45, 7) is 0.289. The zero-order chi connectivity index (χ0) is 21.1. The summed E-state index contributed by atoms with van der Waals surface area (Å²) in [4.78, 5) is 11.3. The minimum absolute atomic E-state index is 0.0925. The topological polar surface area (TPSA) is 72.3 Å². The van der Waals surface area contributed by atoms with Crippen LogP contribution in [0, 0.1) is 5.82 Å². The number of ether oxygens (including phenoxy) is 1. The highest BCUT2D eigenvalue weighted by atomic mass is 35.5. The van der Waals surface area contributed by atoms with Crippen LogP contribution < -0.4 is 4.74 Å². The number of benzene rings is 2. The maximum Gasteiger partial charge on any atom is 0.356 e. The number of nitrogens with zero attached hydrogens (tertiary/aromatic N) is 2. The molecule has 0 atom stereocenters. The van der Waals surface area contributed by atoms with Crippen molar-refractivity contribution in [2.24, 2.45) is 0 Å². The van der Waals surface area contributed by atoms with Crippen molar-refractivity contribution in [2.45, 2.75) is 25.9 Å². The van der Waals surface area contributed by atoms with E-state index < -0.39 is 5.97 Å². The second-order valence-electron chi connectivity index (χ2n) is 7.00. The largest absolute Gasteiger partial charge is 0.488 e. The van der Waals surface area contributed by atoms with E-state index in [1.54, 1.807) is 30.5 Å². The first-order chi connectivity index (χ1) is 14.5. The molecule has 0 amide bonds. The molecule has 152 valence electrons. The van der Waals surface area contributed by atoms with E-state index in [1.807, 2.05) is 12.1 Å². The van der Waals surface area contributed by atoms with Crippen LogP contribution >= 0.6 is 11.6 Å². The summed E-state index contributed by atoms with van der Waals surface area (Å²) in [6, 6.07) is 13.1. The van der Waals surface area contributed by atoms with Crippen molar-refractivity contribution in [3.63, 3.8) is 0 Å². The molecule has 3 aromatic rings. The van der Waals surface area contributed by atoms with Gasteiger partial charge >= 0.3 is 5.97 Å². The normalized spacial score (nSPS) is 13.5. The minimum Gasteiger partial charge on any atom is -0.488 e. The lowest BCUT2D eigenvalue weighted by Crippen LogP contribution is -2.03. The van der Waals surface area contributed by atoms with Crippen LogP contribution in [0.3, 0.4) is 0 Å². The summed E-state index contributed by atoms with van der Waals surface area (Å²) in [5.74, 6) is -0.743. The van der Waals surface area contributed by atoms with Crippen molar-refractivity contribution in [1.29, 1.82) is 0 Å². The summed E-state index contributed by atoms with van der Waals surface area (Å²) in [6.07, 6.45) is 4.12. The van der Waals surface area contributed by atoms with E-state index in [-0.39, 0.29) is 18.1 Å². The van der Waals surface area contributed by atoms with Gasteiger partial charge in [0, 0.05) is 16.1 Å². The van der Waals surface area contributed by atoms with E-state index in [4.69, 9.17) is 16.3 Å². The van der Waals surface area contributed by atoms with Crippen LogP contribution in [0.4, 0.5) is 4.39 Å². The van der Waals surface area contributed by atoms with Gasteiger partial charge in [0.1, 0.15) is 18.2 Å². The first-order valence-electron chi connectivity index (χ1n) is 9.47. The molecule has 1 aromatic heterocycles. The van der Waals surface area contributed by atoms with Gasteiger partial charge in [-0.1, -0.05) is 23.7 Å². The number of halogens is 2. The third kappa shape index (κ3) is 4.33. The quantitative estimate of drug-likeness (QED) is 0.554. The number of rotatable bonds is 6. The molecule has 7 heteroatoms. The smallest absolute Gasteiger partial charge is 0.356 e. The summed E-state index contributed by atoms with van der Waals surface area (Å²) >= 11 is 6.27. The number of carbonyl (C=O) groups is 1. The van der Waals surface area contributed by atoms with Gasteiger partial charge in [0.05, 0.1) is 6.20 Å². The number of carboxylic acids is 1. The summed E-state index contributed by atoms with van der Waals surface area (Å²) in [7, 11) is 0. The van der Waals surface area contributed by atoms with Crippen LogP contribution in [0.5, 0.6) is 5.75 Å². The van der Waals surface area contributed by atoms with E-state index in [1.165, 1.54) is 12.1 Å². The van der Waals surface area contributed by atoms with Crippen LogP contribution in [-0.4, -0.2) is 21.3 Å². The molecule has 1 N–H and O–H groups in total. The zero-order valence-electron chi connectivity index (χ0n) is 15.9. The summed E-state index contributed by atoms with van der Waals surface area (Å²) in [5.41, 5.74) is 4.43. The van der Waals surface area contributed by atoms with E-state index >= 15 is 0 Å². The lowest BCUT2D eigenvalue weighted by Gasteiger charge is -2.15. The molecule has 0 saturated heterocycles. The number of carboxylic acid groups (broad SMARTS) is 1. The molecule has 0 radical (unpaired) electrons. The highest BCUT2D eigenvalue weighted by Crippen LogP contribution is 2.43. The van der Waals surface area contributed by atoms with Crippen molar-refractivity contribution in [3.8, 4) is 5.75 Å². The Labute approximate surface area is 177 Å². The predicted molar refractivity (Wildman–Crippen MR) is 112 cm³/mol. The fourth-order valence-electron chi connectivity index (χ4n) is 3.60. The Balaban J connectivity index is 1.70. The number of aromatic carboxylic acids is 1. The van der Waals surface area contributed by atoms with Gasteiger partial charge in [-0.15, -0.1) is 5.10 Å². The monoisotopic (exact) mass is 424 g/mol. The van der Waals surface area contributed by atoms with Crippen molar-refractivity contribution in [3.05, 3.63) is 88.0 Å². The van der Waals surface area contributed by atoms with E-state index in [9.17, 15) is 14.3 Å². The van der Waals surface area contributed by atoms with E-state index in [0.29, 0.717) is 10.8 Å². The fraction of sp³-hybridized carbons (Fsp3) is 0.174. The summed E-state index contributed by atoms with van der Waals surface area (Å²) in [5, 5.41) is 17.3. The molecule has 1 aliphatic carbocycles. The fourth-order valence-corrected chi connectivity index (χ4v) is 3.77. The Kier molecular flexibility index (Phi) is 5.77. The molecule has 0 aliphatic heterocycles. The molecule has 2 aromatic carbocycles. The van der Waals surface area contributed by atoms with Crippen LogP contribution in [0.25, 0.3) is 11.1 Å². The Morgan fingerprint density at radius 2 is 1.87 bits per heavy atom. The van der Waals surface area contributed by atoms with Gasteiger partial charge in [0.2, 0.25) is 0 Å². The van der Waals surface area contributed by atoms with Crippen molar-refractivity contribution >= 4 is 28.7 Å². The average Bonchev–Trinajstić information content (AvgIpc) is 3.24. The Morgan fingerprint density at radius 1 is 1.10 bits per heavy atom. The molecule has 1 aliphatic rings. The summed E-state index contributed by atoms with van der Waals surface area (Å²) < 4.78 is 19.2. The highest BCUT2D eigenvalue weighted by Gasteiger charge is 2.22. The molecule has 30 heavy (non-hydrogen) atoms.